The van der Waals surface area contributed by atoms with Gasteiger partial charge in [0.2, 0.25) is 0 Å². The van der Waals surface area contributed by atoms with Crippen molar-refractivity contribution in [1.82, 2.24) is 0 Å². The second kappa shape index (κ2) is 7.22. The fraction of sp³-hybridized carbons (Fsp3) is 0.312. The first-order valence-corrected chi connectivity index (χ1v) is 8.69. The van der Waals surface area contributed by atoms with Crippen LogP contribution in [0.2, 0.25) is 0 Å². The lowest BCUT2D eigenvalue weighted by Gasteiger charge is -2.21. The van der Waals surface area contributed by atoms with Gasteiger partial charge in [-0.25, -0.2) is 13.4 Å². The van der Waals surface area contributed by atoms with Gasteiger partial charge in [0.05, 0.1) is 10.0 Å². The Morgan fingerprint density at radius 2 is 1.62 bits per heavy atom. The van der Waals surface area contributed by atoms with Gasteiger partial charge in [-0.3, -0.25) is 0 Å². The van der Waals surface area contributed by atoms with Crippen LogP contribution in [0.3, 0.4) is 0 Å². The zero-order valence-electron chi connectivity index (χ0n) is 12.1. The van der Waals surface area contributed by atoms with Gasteiger partial charge in [-0.2, -0.15) is 0 Å². The number of sulfonamides is 1. The molecule has 0 aliphatic rings. The van der Waals surface area contributed by atoms with Crippen LogP contribution in [-0.2, 0) is 16.4 Å². The zero-order valence-corrected chi connectivity index (χ0v) is 12.9. The van der Waals surface area contributed by atoms with E-state index in [2.05, 4.69) is 9.71 Å². The minimum absolute atomic E-state index is 0.117. The van der Waals surface area contributed by atoms with Crippen molar-refractivity contribution in [1.29, 1.82) is 0 Å². The van der Waals surface area contributed by atoms with E-state index in [9.17, 15) is 8.42 Å². The fourth-order valence-corrected chi connectivity index (χ4v) is 3.17. The Bertz CT molecular complexity index is 652. The number of aromatic amines is 1. The van der Waals surface area contributed by atoms with Crippen LogP contribution in [0, 0.1) is 0 Å². The molecule has 1 N–H and O–H groups in total. The summed E-state index contributed by atoms with van der Waals surface area (Å²) in [7, 11) is -3.35. The van der Waals surface area contributed by atoms with Crippen LogP contribution in [-0.4, -0.2) is 14.2 Å². The van der Waals surface area contributed by atoms with Crippen molar-refractivity contribution in [2.45, 2.75) is 26.2 Å². The van der Waals surface area contributed by atoms with Crippen LogP contribution in [0.15, 0.2) is 48.8 Å². The Balaban J connectivity index is 1.99. The molecule has 0 radical (unpaired) electrons. The van der Waals surface area contributed by atoms with Crippen molar-refractivity contribution < 1.29 is 13.4 Å². The maximum absolute atomic E-state index is 11.8. The molecule has 0 atom stereocenters. The monoisotopic (exact) mass is 304 g/mol. The van der Waals surface area contributed by atoms with Gasteiger partial charge in [0, 0.05) is 17.9 Å². The van der Waals surface area contributed by atoms with E-state index in [-0.39, 0.29) is 5.75 Å². The number of hydrogen-bond acceptors (Lipinski definition) is 2. The van der Waals surface area contributed by atoms with E-state index >= 15 is 0 Å². The van der Waals surface area contributed by atoms with E-state index in [0.29, 0.717) is 12.1 Å². The van der Waals surface area contributed by atoms with Gasteiger partial charge < -0.3 is 4.72 Å². The van der Waals surface area contributed by atoms with Gasteiger partial charge >= 0.3 is 0 Å². The van der Waals surface area contributed by atoms with E-state index in [1.807, 2.05) is 43.6 Å². The standard InChI is InChI=1S/C16H19N2O2S/c1-2-3-12-21(19,20)18-16-6-4-14(5-7-16)13-15-8-10-17-11-9-15/h4-11H,2-3,12-13H2,1H3/q-1/p+1. The Hall–Kier alpha value is -1.88. The van der Waals surface area contributed by atoms with Gasteiger partial charge in [0.15, 0.2) is 12.4 Å². The summed E-state index contributed by atoms with van der Waals surface area (Å²) >= 11 is 0. The van der Waals surface area contributed by atoms with E-state index in [1.54, 1.807) is 12.1 Å². The number of H-pyrrole nitrogens is 1. The zero-order chi connectivity index (χ0) is 15.1. The van der Waals surface area contributed by atoms with Gasteiger partial charge in [-0.05, 0) is 24.0 Å². The number of rotatable bonds is 7. The highest BCUT2D eigenvalue weighted by atomic mass is 32.2. The first-order valence-electron chi connectivity index (χ1n) is 7.09. The summed E-state index contributed by atoms with van der Waals surface area (Å²) in [4.78, 5) is 2.99. The van der Waals surface area contributed by atoms with Crippen molar-refractivity contribution in [2.24, 2.45) is 0 Å². The lowest BCUT2D eigenvalue weighted by molar-refractivity contribution is -0.378. The molecule has 0 saturated carbocycles. The molecule has 21 heavy (non-hydrogen) atoms. The molecule has 1 aromatic carbocycles. The maximum Gasteiger partial charge on any atom is 0.167 e. The van der Waals surface area contributed by atoms with Gasteiger partial charge in [0.25, 0.3) is 0 Å². The molecule has 0 aliphatic heterocycles. The first-order chi connectivity index (χ1) is 10.1. The minimum Gasteiger partial charge on any atom is -0.577 e. The van der Waals surface area contributed by atoms with Crippen LogP contribution < -0.4 is 4.98 Å². The number of aromatic nitrogens is 1. The number of unbranched alkanes of at least 4 members (excludes halogenated alkanes) is 1. The van der Waals surface area contributed by atoms with Crippen LogP contribution in [0.1, 0.15) is 30.9 Å². The topological polar surface area (TPSA) is 62.4 Å². The highest BCUT2D eigenvalue weighted by molar-refractivity contribution is 7.94. The summed E-state index contributed by atoms with van der Waals surface area (Å²) < 4.78 is 27.4. The molecule has 1 aromatic heterocycles. The average Bonchev–Trinajstić information content (AvgIpc) is 2.48. The summed E-state index contributed by atoms with van der Waals surface area (Å²) in [5, 5.41) is 0. The normalized spacial score (nSPS) is 11.3. The third-order valence-electron chi connectivity index (χ3n) is 3.13. The van der Waals surface area contributed by atoms with Crippen molar-refractivity contribution in [3.63, 3.8) is 0 Å². The lowest BCUT2D eigenvalue weighted by Crippen LogP contribution is -2.02. The molecule has 0 aliphatic carbocycles. The van der Waals surface area contributed by atoms with E-state index in [4.69, 9.17) is 0 Å². The van der Waals surface area contributed by atoms with Crippen molar-refractivity contribution in [3.05, 3.63) is 64.6 Å². The number of hydrogen-bond donors (Lipinski definition) is 0. The van der Waals surface area contributed by atoms with Crippen molar-refractivity contribution in [2.75, 3.05) is 5.75 Å². The number of nitrogens with one attached hydrogen (secondary N) is 1. The highest BCUT2D eigenvalue weighted by Crippen LogP contribution is 2.24. The molecule has 4 nitrogen and oxygen atoms in total. The van der Waals surface area contributed by atoms with Crippen LogP contribution in [0.25, 0.3) is 4.72 Å². The fourth-order valence-electron chi connectivity index (χ4n) is 1.98. The molecule has 0 fully saturated rings. The predicted octanol–water partition coefficient (Wildman–Crippen LogP) is 3.23. The Morgan fingerprint density at radius 1 is 1.00 bits per heavy atom. The third kappa shape index (κ3) is 5.19. The first kappa shape index (κ1) is 15.5. The smallest absolute Gasteiger partial charge is 0.167 e. The third-order valence-corrected chi connectivity index (χ3v) is 4.43. The maximum atomic E-state index is 11.8. The molecule has 0 spiro atoms. The molecule has 112 valence electrons. The summed E-state index contributed by atoms with van der Waals surface area (Å²) in [6.45, 7) is 1.96. The number of pyridine rings is 1. The SMILES string of the molecule is CCCCS(=O)(=O)[N-]c1ccc(Cc2cc[nH+]cc2)cc1. The molecule has 0 saturated heterocycles. The molecule has 5 heteroatoms. The Kier molecular flexibility index (Phi) is 5.33. The molecular formula is C16H20N2O2S. The van der Waals surface area contributed by atoms with Gasteiger partial charge in [-0.1, -0.05) is 37.6 Å². The number of benzene rings is 1. The van der Waals surface area contributed by atoms with Crippen LogP contribution in [0.5, 0.6) is 0 Å². The quantitative estimate of drug-likeness (QED) is 0.788. The summed E-state index contributed by atoms with van der Waals surface area (Å²) in [5.74, 6) is 0.117. The molecule has 0 bridgehead atoms. The van der Waals surface area contributed by atoms with E-state index in [0.717, 1.165) is 18.4 Å². The predicted molar refractivity (Wildman–Crippen MR) is 84.0 cm³/mol. The van der Waals surface area contributed by atoms with Crippen LogP contribution in [0.4, 0.5) is 5.69 Å². The molecule has 2 rings (SSSR count). The summed E-state index contributed by atoms with van der Waals surface area (Å²) in [6.07, 6.45) is 6.09. The van der Waals surface area contributed by atoms with E-state index in [1.165, 1.54) is 5.56 Å². The molecule has 2 aromatic rings. The Labute approximate surface area is 126 Å². The molecule has 0 amide bonds. The van der Waals surface area contributed by atoms with Gasteiger partial charge in [0.1, 0.15) is 0 Å². The summed E-state index contributed by atoms with van der Waals surface area (Å²) in [6, 6.07) is 11.4. The van der Waals surface area contributed by atoms with Crippen molar-refractivity contribution in [3.8, 4) is 0 Å². The minimum atomic E-state index is -3.35. The largest absolute Gasteiger partial charge is 0.577 e. The number of nitrogens with zero attached hydrogens (tertiary/aromatic N) is 1. The van der Waals surface area contributed by atoms with Crippen LogP contribution >= 0.6 is 0 Å². The van der Waals surface area contributed by atoms with Crippen molar-refractivity contribution >= 4 is 15.7 Å². The second-order valence-corrected chi connectivity index (χ2v) is 6.74. The second-order valence-electron chi connectivity index (χ2n) is 4.98. The molecule has 0 unspecified atom stereocenters. The molecular weight excluding hydrogens is 284 g/mol. The highest BCUT2D eigenvalue weighted by Gasteiger charge is 2.00. The van der Waals surface area contributed by atoms with Gasteiger partial charge in [-0.15, -0.1) is 5.69 Å². The summed E-state index contributed by atoms with van der Waals surface area (Å²) in [5.41, 5.74) is 2.83. The lowest BCUT2D eigenvalue weighted by atomic mass is 10.1. The molecule has 1 heterocycles. The average molecular weight is 304 g/mol. The van der Waals surface area contributed by atoms with E-state index < -0.39 is 10.0 Å². The Morgan fingerprint density at radius 3 is 2.24 bits per heavy atom.